The number of carboxylic acid groups (broad SMARTS) is 1. The Balaban J connectivity index is 1.25. The number of carbonyl (C=O) groups is 5. The zero-order chi connectivity index (χ0) is 22.6. The van der Waals surface area contributed by atoms with E-state index in [9.17, 15) is 24.0 Å². The Hall–Kier alpha value is -3.27. The van der Waals surface area contributed by atoms with E-state index in [0.717, 1.165) is 36.8 Å². The van der Waals surface area contributed by atoms with Crippen molar-refractivity contribution >= 4 is 35.3 Å². The molecule has 10 heteroatoms. The second-order valence-corrected chi connectivity index (χ2v) is 8.88. The van der Waals surface area contributed by atoms with E-state index in [1.54, 1.807) is 12.1 Å². The number of carbonyl (C=O) groups excluding carboxylic acids is 4. The summed E-state index contributed by atoms with van der Waals surface area (Å²) < 4.78 is 0. The molecule has 2 N–H and O–H groups in total. The Morgan fingerprint density at radius 1 is 0.969 bits per heavy atom. The highest BCUT2D eigenvalue weighted by atomic mass is 16.4. The third kappa shape index (κ3) is 3.35. The quantitative estimate of drug-likeness (QED) is 0.630. The lowest BCUT2D eigenvalue weighted by Gasteiger charge is -2.48. The van der Waals surface area contributed by atoms with Gasteiger partial charge in [0.15, 0.2) is 0 Å². The number of fused-ring (bicyclic) bond motifs is 1. The average molecular weight is 440 g/mol. The fourth-order valence-electron chi connectivity index (χ4n) is 5.06. The van der Waals surface area contributed by atoms with Gasteiger partial charge in [-0.05, 0) is 50.6 Å². The lowest BCUT2D eigenvalue weighted by Crippen LogP contribution is -2.61. The number of rotatable bonds is 4. The normalized spacial score (nSPS) is 25.1. The fraction of sp³-hybridized carbons (Fsp3) is 0.500. The minimum absolute atomic E-state index is 0.0912. The number of likely N-dealkylation sites (tertiary alicyclic amines) is 1. The highest BCUT2D eigenvalue weighted by Crippen LogP contribution is 2.33. The maximum absolute atomic E-state index is 13.0. The van der Waals surface area contributed by atoms with E-state index in [1.807, 2.05) is 6.07 Å². The summed E-state index contributed by atoms with van der Waals surface area (Å²) in [5.41, 5.74) is 1.39. The molecule has 4 aliphatic rings. The summed E-state index contributed by atoms with van der Waals surface area (Å²) in [6.45, 7) is 3.09. The van der Waals surface area contributed by atoms with Crippen molar-refractivity contribution < 1.29 is 29.1 Å². The van der Waals surface area contributed by atoms with Crippen LogP contribution in [0.25, 0.3) is 0 Å². The highest BCUT2D eigenvalue weighted by Gasteiger charge is 2.45. The van der Waals surface area contributed by atoms with Gasteiger partial charge in [-0.1, -0.05) is 0 Å². The number of anilines is 1. The second-order valence-electron chi connectivity index (χ2n) is 8.88. The average Bonchev–Trinajstić information content (AvgIpc) is 2.98. The molecule has 5 rings (SSSR count). The van der Waals surface area contributed by atoms with Crippen molar-refractivity contribution in [2.75, 3.05) is 31.1 Å². The van der Waals surface area contributed by atoms with Crippen LogP contribution < -0.4 is 10.2 Å². The van der Waals surface area contributed by atoms with Crippen LogP contribution in [0.2, 0.25) is 0 Å². The minimum Gasteiger partial charge on any atom is -0.481 e. The Kier molecular flexibility index (Phi) is 4.96. The number of hydrogen-bond donors (Lipinski definition) is 2. The van der Waals surface area contributed by atoms with Crippen LogP contribution in [0.3, 0.4) is 0 Å². The Morgan fingerprint density at radius 2 is 1.66 bits per heavy atom. The largest absolute Gasteiger partial charge is 0.481 e. The van der Waals surface area contributed by atoms with Gasteiger partial charge < -0.3 is 10.0 Å². The van der Waals surface area contributed by atoms with Crippen LogP contribution >= 0.6 is 0 Å². The molecule has 1 unspecified atom stereocenters. The number of hydrogen-bond acceptors (Lipinski definition) is 7. The minimum atomic E-state index is -0.967. The van der Waals surface area contributed by atoms with Crippen molar-refractivity contribution in [2.24, 2.45) is 5.92 Å². The SMILES string of the molecule is O=C1CCC(N2C(=O)c3ccc(N4CC(N5CCC(C(=O)O)CC5)C4)cc3C2=O)C(=O)N1. The van der Waals surface area contributed by atoms with Crippen LogP contribution in [-0.4, -0.2) is 82.8 Å². The number of benzene rings is 1. The molecular formula is C22H24N4O6. The summed E-state index contributed by atoms with van der Waals surface area (Å²) >= 11 is 0. The van der Waals surface area contributed by atoms with E-state index in [0.29, 0.717) is 18.9 Å². The van der Waals surface area contributed by atoms with Gasteiger partial charge in [0.05, 0.1) is 17.0 Å². The van der Waals surface area contributed by atoms with Crippen molar-refractivity contribution in [3.63, 3.8) is 0 Å². The summed E-state index contributed by atoms with van der Waals surface area (Å²) in [5.74, 6) is -3.00. The summed E-state index contributed by atoms with van der Waals surface area (Å²) in [6, 6.07) is 4.52. The van der Waals surface area contributed by atoms with E-state index in [1.165, 1.54) is 0 Å². The van der Waals surface area contributed by atoms with Crippen LogP contribution in [-0.2, 0) is 14.4 Å². The van der Waals surface area contributed by atoms with Crippen LogP contribution in [0.15, 0.2) is 18.2 Å². The summed E-state index contributed by atoms with van der Waals surface area (Å²) in [6.07, 6.45) is 1.55. The third-order valence-electron chi connectivity index (χ3n) is 7.05. The molecule has 10 nitrogen and oxygen atoms in total. The van der Waals surface area contributed by atoms with Crippen LogP contribution in [0.5, 0.6) is 0 Å². The number of piperidine rings is 2. The molecule has 4 amide bonds. The highest BCUT2D eigenvalue weighted by molar-refractivity contribution is 6.23. The van der Waals surface area contributed by atoms with Crippen molar-refractivity contribution in [1.29, 1.82) is 0 Å². The lowest BCUT2D eigenvalue weighted by atomic mass is 9.94. The smallest absolute Gasteiger partial charge is 0.306 e. The molecule has 1 aromatic carbocycles. The zero-order valence-electron chi connectivity index (χ0n) is 17.5. The van der Waals surface area contributed by atoms with Crippen molar-refractivity contribution in [3.05, 3.63) is 29.3 Å². The van der Waals surface area contributed by atoms with E-state index in [4.69, 9.17) is 5.11 Å². The first-order valence-corrected chi connectivity index (χ1v) is 10.9. The number of nitrogens with zero attached hydrogens (tertiary/aromatic N) is 3. The first-order chi connectivity index (χ1) is 15.3. The van der Waals surface area contributed by atoms with Crippen molar-refractivity contribution in [3.8, 4) is 0 Å². The lowest BCUT2D eigenvalue weighted by molar-refractivity contribution is -0.143. The standard InChI is InChI=1S/C22H24N4O6/c27-18-4-3-17(19(28)23-18)26-20(29)15-2-1-13(9-16(15)21(26)30)25-10-14(11-25)24-7-5-12(6-8-24)22(31)32/h1-2,9,12,14,17H,3-8,10-11H2,(H,31,32)(H,23,27,28). The predicted octanol–water partition coefficient (Wildman–Crippen LogP) is 0.0730. The number of imide groups is 2. The Bertz CT molecular complexity index is 1030. The summed E-state index contributed by atoms with van der Waals surface area (Å²) in [5, 5.41) is 11.3. The summed E-state index contributed by atoms with van der Waals surface area (Å²) in [4.78, 5) is 65.9. The van der Waals surface area contributed by atoms with Crippen LogP contribution in [0.4, 0.5) is 5.69 Å². The van der Waals surface area contributed by atoms with Crippen molar-refractivity contribution in [1.82, 2.24) is 15.1 Å². The van der Waals surface area contributed by atoms with Gasteiger partial charge in [-0.3, -0.25) is 39.1 Å². The number of carboxylic acids is 1. The van der Waals surface area contributed by atoms with Crippen molar-refractivity contribution in [2.45, 2.75) is 37.8 Å². The topological polar surface area (TPSA) is 127 Å². The van der Waals surface area contributed by atoms with Gasteiger partial charge in [0.25, 0.3) is 11.8 Å². The molecule has 1 aromatic rings. The molecule has 3 saturated heterocycles. The monoisotopic (exact) mass is 440 g/mol. The Morgan fingerprint density at radius 3 is 2.31 bits per heavy atom. The molecule has 4 heterocycles. The third-order valence-corrected chi connectivity index (χ3v) is 7.05. The van der Waals surface area contributed by atoms with E-state index >= 15 is 0 Å². The number of nitrogens with one attached hydrogen (secondary N) is 1. The first kappa shape index (κ1) is 20.6. The number of amides is 4. The molecule has 0 saturated carbocycles. The van der Waals surface area contributed by atoms with Gasteiger partial charge >= 0.3 is 5.97 Å². The van der Waals surface area contributed by atoms with Gasteiger partial charge in [0.2, 0.25) is 11.8 Å². The van der Waals surface area contributed by atoms with Gasteiger partial charge in [-0.2, -0.15) is 0 Å². The van der Waals surface area contributed by atoms with E-state index < -0.39 is 35.6 Å². The van der Waals surface area contributed by atoms with Gasteiger partial charge in [-0.15, -0.1) is 0 Å². The van der Waals surface area contributed by atoms with E-state index in [-0.39, 0.29) is 29.9 Å². The fourth-order valence-corrected chi connectivity index (χ4v) is 5.06. The van der Waals surface area contributed by atoms with E-state index in [2.05, 4.69) is 15.1 Å². The number of aliphatic carboxylic acids is 1. The van der Waals surface area contributed by atoms with Crippen LogP contribution in [0, 0.1) is 5.92 Å². The molecule has 0 radical (unpaired) electrons. The predicted molar refractivity (Wildman–Crippen MR) is 111 cm³/mol. The molecule has 0 spiro atoms. The molecule has 0 aliphatic carbocycles. The van der Waals surface area contributed by atoms with Gasteiger partial charge in [0.1, 0.15) is 6.04 Å². The molecule has 168 valence electrons. The maximum atomic E-state index is 13.0. The first-order valence-electron chi connectivity index (χ1n) is 10.9. The molecule has 1 atom stereocenters. The molecule has 0 bridgehead atoms. The maximum Gasteiger partial charge on any atom is 0.306 e. The molecule has 32 heavy (non-hydrogen) atoms. The van der Waals surface area contributed by atoms with Gasteiger partial charge in [0, 0.05) is 31.2 Å². The Labute approximate surface area is 184 Å². The summed E-state index contributed by atoms with van der Waals surface area (Å²) in [7, 11) is 0. The van der Waals surface area contributed by atoms with Crippen LogP contribution in [0.1, 0.15) is 46.4 Å². The molecule has 0 aromatic heterocycles. The second kappa shape index (κ2) is 7.70. The van der Waals surface area contributed by atoms with Gasteiger partial charge in [-0.25, -0.2) is 0 Å². The molecular weight excluding hydrogens is 416 g/mol. The molecule has 3 fully saturated rings. The zero-order valence-corrected chi connectivity index (χ0v) is 17.5. The molecule has 4 aliphatic heterocycles.